The van der Waals surface area contributed by atoms with Crippen molar-refractivity contribution in [3.05, 3.63) is 45.3 Å². The number of hydrogen-bond acceptors (Lipinski definition) is 5. The average molecular weight is 394 g/mol. The number of nitrogens with zero attached hydrogens (tertiary/aromatic N) is 4. The van der Waals surface area contributed by atoms with E-state index < -0.39 is 0 Å². The van der Waals surface area contributed by atoms with E-state index in [2.05, 4.69) is 27.3 Å². The van der Waals surface area contributed by atoms with E-state index in [1.54, 1.807) is 17.7 Å². The Hall–Kier alpha value is -1.89. The number of nitrogens with one attached hydrogen (secondary N) is 1. The zero-order valence-corrected chi connectivity index (χ0v) is 16.7. The van der Waals surface area contributed by atoms with Crippen LogP contribution in [-0.4, -0.2) is 33.3 Å². The molecule has 2 aromatic heterocycles. The van der Waals surface area contributed by atoms with Gasteiger partial charge in [0.1, 0.15) is 5.82 Å². The second-order valence-corrected chi connectivity index (χ2v) is 7.04. The summed E-state index contributed by atoms with van der Waals surface area (Å²) < 4.78 is 7.04. The first-order valence-corrected chi connectivity index (χ1v) is 9.14. The van der Waals surface area contributed by atoms with Gasteiger partial charge >= 0.3 is 0 Å². The van der Waals surface area contributed by atoms with Gasteiger partial charge in [0.05, 0.1) is 23.5 Å². The van der Waals surface area contributed by atoms with Crippen LogP contribution in [0.25, 0.3) is 5.65 Å². The van der Waals surface area contributed by atoms with Crippen molar-refractivity contribution in [1.82, 2.24) is 19.6 Å². The van der Waals surface area contributed by atoms with E-state index in [9.17, 15) is 0 Å². The molecule has 1 atom stereocenters. The monoisotopic (exact) mass is 393 g/mol. The van der Waals surface area contributed by atoms with Crippen molar-refractivity contribution in [1.29, 1.82) is 0 Å². The first-order valence-electron chi connectivity index (χ1n) is 8.38. The molecule has 0 amide bonds. The molecule has 1 unspecified atom stereocenters. The summed E-state index contributed by atoms with van der Waals surface area (Å²) in [6.07, 6.45) is 2.77. The second kappa shape index (κ2) is 7.78. The molecular formula is C18H21Cl2N5O. The van der Waals surface area contributed by atoms with Gasteiger partial charge in [-0.15, -0.1) is 0 Å². The number of methoxy groups -OCH3 is 1. The van der Waals surface area contributed by atoms with E-state index in [4.69, 9.17) is 27.9 Å². The Balaban J connectivity index is 2.09. The SMILES string of the molecule is CCC(COC)c1cnn2c(Nc3c(C)cc(Cl)cc3Cl)nc(C)nc12. The van der Waals surface area contributed by atoms with E-state index >= 15 is 0 Å². The molecule has 6 nitrogen and oxygen atoms in total. The standard InChI is InChI=1S/C18H21Cl2N5O/c1-5-12(9-26-4)14-8-21-25-17(14)22-11(3)23-18(25)24-16-10(2)6-13(19)7-15(16)20/h6-8,12H,5,9H2,1-4H3,(H,22,23,24). The normalized spacial score (nSPS) is 12.5. The van der Waals surface area contributed by atoms with Gasteiger partial charge in [0.15, 0.2) is 5.65 Å². The molecule has 26 heavy (non-hydrogen) atoms. The topological polar surface area (TPSA) is 64.3 Å². The highest BCUT2D eigenvalue weighted by Crippen LogP contribution is 2.32. The molecular weight excluding hydrogens is 373 g/mol. The van der Waals surface area contributed by atoms with Gasteiger partial charge in [0.25, 0.3) is 0 Å². The van der Waals surface area contributed by atoms with Crippen LogP contribution in [0.15, 0.2) is 18.3 Å². The molecule has 1 aromatic carbocycles. The first-order chi connectivity index (χ1) is 12.4. The average Bonchev–Trinajstić information content (AvgIpc) is 2.99. The minimum absolute atomic E-state index is 0.223. The van der Waals surface area contributed by atoms with Crippen molar-refractivity contribution in [3.63, 3.8) is 0 Å². The maximum absolute atomic E-state index is 6.36. The maximum Gasteiger partial charge on any atom is 0.232 e. The van der Waals surface area contributed by atoms with E-state index in [-0.39, 0.29) is 5.92 Å². The fourth-order valence-electron chi connectivity index (χ4n) is 2.97. The molecule has 0 spiro atoms. The van der Waals surface area contributed by atoms with E-state index in [0.29, 0.717) is 28.4 Å². The minimum Gasteiger partial charge on any atom is -0.384 e. The van der Waals surface area contributed by atoms with Crippen LogP contribution in [0.4, 0.5) is 11.6 Å². The number of rotatable bonds is 6. The summed E-state index contributed by atoms with van der Waals surface area (Å²) in [5.74, 6) is 1.43. The number of benzene rings is 1. The maximum atomic E-state index is 6.36. The molecule has 0 saturated heterocycles. The molecule has 3 rings (SSSR count). The van der Waals surface area contributed by atoms with Gasteiger partial charge < -0.3 is 10.1 Å². The molecule has 8 heteroatoms. The molecule has 3 aromatic rings. The summed E-state index contributed by atoms with van der Waals surface area (Å²) in [6.45, 7) is 6.53. The van der Waals surface area contributed by atoms with Crippen LogP contribution in [0.5, 0.6) is 0 Å². The highest BCUT2D eigenvalue weighted by molar-refractivity contribution is 6.36. The van der Waals surface area contributed by atoms with Crippen LogP contribution in [0, 0.1) is 13.8 Å². The summed E-state index contributed by atoms with van der Waals surface area (Å²) in [5, 5.41) is 8.89. The van der Waals surface area contributed by atoms with Crippen LogP contribution >= 0.6 is 23.2 Å². The molecule has 2 heterocycles. The molecule has 0 fully saturated rings. The van der Waals surface area contributed by atoms with Crippen molar-refractivity contribution in [3.8, 4) is 0 Å². The smallest absolute Gasteiger partial charge is 0.232 e. The number of aromatic nitrogens is 4. The second-order valence-electron chi connectivity index (χ2n) is 6.19. The lowest BCUT2D eigenvalue weighted by atomic mass is 10.0. The lowest BCUT2D eigenvalue weighted by molar-refractivity contribution is 0.178. The zero-order valence-electron chi connectivity index (χ0n) is 15.2. The molecule has 0 aliphatic heterocycles. The highest BCUT2D eigenvalue weighted by atomic mass is 35.5. The van der Waals surface area contributed by atoms with Gasteiger partial charge in [0, 0.05) is 23.6 Å². The molecule has 0 saturated carbocycles. The molecule has 0 radical (unpaired) electrons. The number of fused-ring (bicyclic) bond motifs is 1. The lowest BCUT2D eigenvalue weighted by Gasteiger charge is -2.14. The molecule has 0 aliphatic rings. The van der Waals surface area contributed by atoms with Crippen LogP contribution in [0.3, 0.4) is 0 Å². The van der Waals surface area contributed by atoms with Gasteiger partial charge in [-0.1, -0.05) is 30.1 Å². The van der Waals surface area contributed by atoms with Crippen LogP contribution < -0.4 is 5.32 Å². The molecule has 0 aliphatic carbocycles. The van der Waals surface area contributed by atoms with Gasteiger partial charge in [0.2, 0.25) is 5.95 Å². The summed E-state index contributed by atoms with van der Waals surface area (Å²) >= 11 is 12.4. The van der Waals surface area contributed by atoms with Crippen LogP contribution in [0.1, 0.15) is 36.2 Å². The van der Waals surface area contributed by atoms with E-state index in [1.807, 2.05) is 26.1 Å². The summed E-state index contributed by atoms with van der Waals surface area (Å²) in [5.41, 5.74) is 3.48. The Morgan fingerprint density at radius 1 is 1.23 bits per heavy atom. The van der Waals surface area contributed by atoms with Crippen LogP contribution in [-0.2, 0) is 4.74 Å². The van der Waals surface area contributed by atoms with E-state index in [0.717, 1.165) is 28.9 Å². The van der Waals surface area contributed by atoms with Crippen molar-refractivity contribution >= 4 is 40.5 Å². The van der Waals surface area contributed by atoms with Crippen molar-refractivity contribution < 1.29 is 4.74 Å². The van der Waals surface area contributed by atoms with Crippen molar-refractivity contribution in [2.75, 3.05) is 19.0 Å². The third-order valence-corrected chi connectivity index (χ3v) is 4.81. The fourth-order valence-corrected chi connectivity index (χ4v) is 3.61. The molecule has 0 bridgehead atoms. The Morgan fingerprint density at radius 3 is 2.65 bits per heavy atom. The predicted molar refractivity (Wildman–Crippen MR) is 105 cm³/mol. The first kappa shape index (κ1) is 18.9. The van der Waals surface area contributed by atoms with E-state index in [1.165, 1.54) is 0 Å². The van der Waals surface area contributed by atoms with Gasteiger partial charge in [-0.2, -0.15) is 14.6 Å². The predicted octanol–water partition coefficient (Wildman–Crippen LogP) is 4.93. The summed E-state index contributed by atoms with van der Waals surface area (Å²) in [6, 6.07) is 3.55. The fraction of sp³-hybridized carbons (Fsp3) is 0.389. The number of anilines is 2. The molecule has 1 N–H and O–H groups in total. The lowest BCUT2D eigenvalue weighted by Crippen LogP contribution is -2.09. The Labute approximate surface area is 162 Å². The summed E-state index contributed by atoms with van der Waals surface area (Å²) in [4.78, 5) is 9.09. The highest BCUT2D eigenvalue weighted by Gasteiger charge is 2.19. The zero-order chi connectivity index (χ0) is 18.8. The number of ether oxygens (including phenoxy) is 1. The largest absolute Gasteiger partial charge is 0.384 e. The minimum atomic E-state index is 0.223. The Kier molecular flexibility index (Phi) is 5.65. The third-order valence-electron chi connectivity index (χ3n) is 4.30. The Bertz CT molecular complexity index is 918. The van der Waals surface area contributed by atoms with Gasteiger partial charge in [-0.25, -0.2) is 4.98 Å². The summed E-state index contributed by atoms with van der Waals surface area (Å²) in [7, 11) is 1.70. The number of hydrogen-bond donors (Lipinski definition) is 1. The van der Waals surface area contributed by atoms with Crippen LogP contribution in [0.2, 0.25) is 10.0 Å². The van der Waals surface area contributed by atoms with Crippen molar-refractivity contribution in [2.45, 2.75) is 33.1 Å². The number of aryl methyl sites for hydroxylation is 2. The van der Waals surface area contributed by atoms with Crippen molar-refractivity contribution in [2.24, 2.45) is 0 Å². The Morgan fingerprint density at radius 2 is 2.00 bits per heavy atom. The number of halogens is 2. The van der Waals surface area contributed by atoms with Gasteiger partial charge in [-0.3, -0.25) is 0 Å². The molecule has 138 valence electrons. The third kappa shape index (κ3) is 3.63. The quantitative estimate of drug-likeness (QED) is 0.642. The van der Waals surface area contributed by atoms with Gasteiger partial charge in [-0.05, 0) is 38.0 Å².